The first-order valence-electron chi connectivity index (χ1n) is 9.48. The van der Waals surface area contributed by atoms with Gasteiger partial charge in [-0.15, -0.1) is 0 Å². The number of carbonyl (C=O) groups is 1. The summed E-state index contributed by atoms with van der Waals surface area (Å²) in [5.74, 6) is 0.604. The molecule has 0 aliphatic heterocycles. The Morgan fingerprint density at radius 2 is 1.96 bits per heavy atom. The molecule has 2 aliphatic carbocycles. The zero-order valence-electron chi connectivity index (χ0n) is 16.0. The van der Waals surface area contributed by atoms with E-state index in [1.54, 1.807) is 6.92 Å². The molecule has 1 aromatic carbocycles. The molecule has 0 amide bonds. The van der Waals surface area contributed by atoms with Crippen LogP contribution in [0.25, 0.3) is 5.57 Å². The normalized spacial score (nSPS) is 21.3. The number of benzene rings is 1. The van der Waals surface area contributed by atoms with Gasteiger partial charge in [0.25, 0.3) is 0 Å². The molecule has 1 saturated carbocycles. The van der Waals surface area contributed by atoms with Gasteiger partial charge in [-0.2, -0.15) is 0 Å². The lowest BCUT2D eigenvalue weighted by Crippen LogP contribution is -2.00. The van der Waals surface area contributed by atoms with E-state index in [9.17, 15) is 4.79 Å². The molecule has 0 radical (unpaired) electrons. The molecule has 0 spiro atoms. The van der Waals surface area contributed by atoms with E-state index < -0.39 is 0 Å². The van der Waals surface area contributed by atoms with Gasteiger partial charge in [-0.3, -0.25) is 0 Å². The van der Waals surface area contributed by atoms with E-state index in [1.165, 1.54) is 39.0 Å². The summed E-state index contributed by atoms with van der Waals surface area (Å²) in [7, 11) is 0. The molecule has 0 bridgehead atoms. The monoisotopic (exact) mass is 344 g/mol. The van der Waals surface area contributed by atoms with Gasteiger partial charge in [-0.1, -0.05) is 61.2 Å². The highest BCUT2D eigenvalue weighted by Crippen LogP contribution is 2.42. The fourth-order valence-electron chi connectivity index (χ4n) is 4.02. The Morgan fingerprint density at radius 1 is 1.19 bits per heavy atom. The van der Waals surface area contributed by atoms with Gasteiger partial charge >= 0.3 is 0 Å². The Hall–Kier alpha value is -2.41. The average Bonchev–Trinajstić information content (AvgIpc) is 3.15. The second-order valence-corrected chi connectivity index (χ2v) is 7.60. The van der Waals surface area contributed by atoms with Gasteiger partial charge in [0.1, 0.15) is 5.78 Å². The zero-order chi connectivity index (χ0) is 18.7. The molecule has 1 unspecified atom stereocenters. The lowest BCUT2D eigenvalue weighted by molar-refractivity contribution is -0.117. The van der Waals surface area contributed by atoms with Gasteiger partial charge < -0.3 is 4.79 Å². The van der Waals surface area contributed by atoms with Crippen molar-refractivity contribution in [3.05, 3.63) is 89.1 Å². The standard InChI is InChI=1S/C25H28O/c1-17-8-5-6-10-25(17)22-13-12-21(15-22)16-23-14-18(2)24(20(23)4)11-7-9-19(3)26/h5-6,8,10,12-13,16,24H,2,4,7,9,11,14-15H2,1,3H3. The summed E-state index contributed by atoms with van der Waals surface area (Å²) in [6.45, 7) is 12.4. The number of ketones is 1. The molecule has 1 nitrogen and oxygen atoms in total. The van der Waals surface area contributed by atoms with Crippen LogP contribution >= 0.6 is 0 Å². The molecule has 0 heterocycles. The summed E-state index contributed by atoms with van der Waals surface area (Å²) < 4.78 is 0. The molecule has 1 atom stereocenters. The predicted octanol–water partition coefficient (Wildman–Crippen LogP) is 6.53. The van der Waals surface area contributed by atoms with Gasteiger partial charge in [0.15, 0.2) is 0 Å². The molecular weight excluding hydrogens is 316 g/mol. The second kappa shape index (κ2) is 7.86. The summed E-state index contributed by atoms with van der Waals surface area (Å²) >= 11 is 0. The summed E-state index contributed by atoms with van der Waals surface area (Å²) in [6, 6.07) is 8.56. The maximum atomic E-state index is 11.2. The lowest BCUT2D eigenvalue weighted by atomic mass is 9.93. The van der Waals surface area contributed by atoms with E-state index >= 15 is 0 Å². The van der Waals surface area contributed by atoms with Crippen molar-refractivity contribution in [2.45, 2.75) is 46.0 Å². The van der Waals surface area contributed by atoms with Crippen LogP contribution in [0.1, 0.15) is 50.2 Å². The van der Waals surface area contributed by atoms with Crippen molar-refractivity contribution in [3.8, 4) is 0 Å². The van der Waals surface area contributed by atoms with Crippen LogP contribution in [0.2, 0.25) is 0 Å². The number of rotatable bonds is 6. The summed E-state index contributed by atoms with van der Waals surface area (Å²) in [4.78, 5) is 11.2. The fourth-order valence-corrected chi connectivity index (χ4v) is 4.02. The molecule has 1 fully saturated rings. The van der Waals surface area contributed by atoms with Crippen molar-refractivity contribution in [3.63, 3.8) is 0 Å². The Kier molecular flexibility index (Phi) is 5.56. The molecule has 134 valence electrons. The van der Waals surface area contributed by atoms with Gasteiger partial charge in [0.05, 0.1) is 0 Å². The van der Waals surface area contributed by atoms with Crippen molar-refractivity contribution in [2.24, 2.45) is 5.92 Å². The van der Waals surface area contributed by atoms with Crippen LogP contribution in [0.4, 0.5) is 0 Å². The quantitative estimate of drug-likeness (QED) is 0.536. The van der Waals surface area contributed by atoms with Crippen LogP contribution in [-0.4, -0.2) is 5.78 Å². The highest BCUT2D eigenvalue weighted by molar-refractivity contribution is 5.76. The van der Waals surface area contributed by atoms with Crippen LogP contribution in [0.3, 0.4) is 0 Å². The first kappa shape index (κ1) is 18.4. The van der Waals surface area contributed by atoms with Crippen molar-refractivity contribution < 1.29 is 4.79 Å². The SMILES string of the molecule is C=C1CC(=CC2=CC=C(c3ccccc3C)C2)C(=C)C1CCCC(C)=O. The Morgan fingerprint density at radius 3 is 2.69 bits per heavy atom. The van der Waals surface area contributed by atoms with E-state index in [2.05, 4.69) is 62.6 Å². The molecule has 1 aromatic rings. The highest BCUT2D eigenvalue weighted by Gasteiger charge is 2.27. The minimum atomic E-state index is 0.265. The summed E-state index contributed by atoms with van der Waals surface area (Å²) in [5, 5.41) is 0. The third-order valence-electron chi connectivity index (χ3n) is 5.51. The van der Waals surface area contributed by atoms with Crippen molar-refractivity contribution in [2.75, 3.05) is 0 Å². The van der Waals surface area contributed by atoms with E-state index in [-0.39, 0.29) is 5.78 Å². The Bertz CT molecular complexity index is 845. The topological polar surface area (TPSA) is 17.1 Å². The number of hydrogen-bond acceptors (Lipinski definition) is 1. The third kappa shape index (κ3) is 4.04. The van der Waals surface area contributed by atoms with Crippen LogP contribution in [0.15, 0.2) is 77.9 Å². The second-order valence-electron chi connectivity index (χ2n) is 7.60. The molecule has 1 heteroatoms. The molecule has 3 rings (SSSR count). The van der Waals surface area contributed by atoms with Crippen molar-refractivity contribution >= 4 is 11.4 Å². The zero-order valence-corrected chi connectivity index (χ0v) is 16.0. The number of hydrogen-bond donors (Lipinski definition) is 0. The molecule has 26 heavy (non-hydrogen) atoms. The predicted molar refractivity (Wildman–Crippen MR) is 111 cm³/mol. The van der Waals surface area contributed by atoms with Gasteiger partial charge in [0, 0.05) is 12.3 Å². The lowest BCUT2D eigenvalue weighted by Gasteiger charge is -2.12. The number of carbonyl (C=O) groups excluding carboxylic acids is 1. The minimum Gasteiger partial charge on any atom is -0.300 e. The van der Waals surface area contributed by atoms with Crippen LogP contribution in [0.5, 0.6) is 0 Å². The third-order valence-corrected chi connectivity index (χ3v) is 5.51. The minimum absolute atomic E-state index is 0.265. The maximum Gasteiger partial charge on any atom is 0.129 e. The smallest absolute Gasteiger partial charge is 0.129 e. The first-order valence-corrected chi connectivity index (χ1v) is 9.48. The maximum absolute atomic E-state index is 11.2. The molecule has 0 aromatic heterocycles. The van der Waals surface area contributed by atoms with Gasteiger partial charge in [-0.25, -0.2) is 0 Å². The van der Waals surface area contributed by atoms with Gasteiger partial charge in [0.2, 0.25) is 0 Å². The van der Waals surface area contributed by atoms with E-state index in [0.717, 1.165) is 25.7 Å². The van der Waals surface area contributed by atoms with Gasteiger partial charge in [-0.05, 0) is 73.0 Å². The number of Topliss-reactive ketones (excluding diaryl/α,β-unsaturated/α-hetero) is 1. The average molecular weight is 344 g/mol. The summed E-state index contributed by atoms with van der Waals surface area (Å²) in [5.41, 5.74) is 9.15. The summed E-state index contributed by atoms with van der Waals surface area (Å²) in [6.07, 6.45) is 11.2. The molecular formula is C25H28O. The Labute approximate surface area is 157 Å². The fraction of sp³-hybridized carbons (Fsp3) is 0.320. The first-order chi connectivity index (χ1) is 12.5. The van der Waals surface area contributed by atoms with Crippen LogP contribution < -0.4 is 0 Å². The largest absolute Gasteiger partial charge is 0.300 e. The molecule has 0 saturated heterocycles. The molecule has 2 aliphatic rings. The highest BCUT2D eigenvalue weighted by atomic mass is 16.1. The molecule has 0 N–H and O–H groups in total. The van der Waals surface area contributed by atoms with Crippen LogP contribution in [-0.2, 0) is 4.79 Å². The van der Waals surface area contributed by atoms with Crippen molar-refractivity contribution in [1.82, 2.24) is 0 Å². The number of aryl methyl sites for hydroxylation is 1. The van der Waals surface area contributed by atoms with Crippen LogP contribution in [0, 0.1) is 12.8 Å². The van der Waals surface area contributed by atoms with Crippen molar-refractivity contribution in [1.29, 1.82) is 0 Å². The van der Waals surface area contributed by atoms with E-state index in [0.29, 0.717) is 12.3 Å². The van der Waals surface area contributed by atoms with E-state index in [4.69, 9.17) is 0 Å². The number of allylic oxidation sites excluding steroid dienone is 8. The van der Waals surface area contributed by atoms with E-state index in [1.807, 2.05) is 0 Å². The Balaban J connectivity index is 1.65.